The fourth-order valence-electron chi connectivity index (χ4n) is 2.71. The van der Waals surface area contributed by atoms with E-state index in [9.17, 15) is 9.90 Å². The maximum Gasteiger partial charge on any atom is 0.260 e. The molecular formula is C20H23NO3. The Bertz CT molecular complexity index is 682. The van der Waals surface area contributed by atoms with Crippen molar-refractivity contribution in [2.24, 2.45) is 5.92 Å². The molecule has 4 heteroatoms. The van der Waals surface area contributed by atoms with Gasteiger partial charge >= 0.3 is 0 Å². The Hall–Kier alpha value is -2.33. The average Bonchev–Trinajstić information content (AvgIpc) is 3.45. The summed E-state index contributed by atoms with van der Waals surface area (Å²) in [7, 11) is 1.71. The largest absolute Gasteiger partial charge is 0.483 e. The predicted octanol–water partition coefficient (Wildman–Crippen LogP) is 2.96. The van der Waals surface area contributed by atoms with Gasteiger partial charge in [0.15, 0.2) is 6.61 Å². The van der Waals surface area contributed by atoms with Crippen LogP contribution in [0.1, 0.15) is 12.8 Å². The van der Waals surface area contributed by atoms with E-state index in [1.54, 1.807) is 11.9 Å². The van der Waals surface area contributed by atoms with Crippen molar-refractivity contribution in [1.82, 2.24) is 4.90 Å². The summed E-state index contributed by atoms with van der Waals surface area (Å²) < 4.78 is 5.76. The fourth-order valence-corrected chi connectivity index (χ4v) is 2.71. The van der Waals surface area contributed by atoms with Crippen LogP contribution in [0.2, 0.25) is 0 Å². The van der Waals surface area contributed by atoms with Crippen molar-refractivity contribution < 1.29 is 14.6 Å². The van der Waals surface area contributed by atoms with Gasteiger partial charge in [-0.3, -0.25) is 4.79 Å². The van der Waals surface area contributed by atoms with E-state index in [0.29, 0.717) is 18.2 Å². The molecule has 1 amide bonds. The van der Waals surface area contributed by atoms with E-state index in [1.807, 2.05) is 54.6 Å². The van der Waals surface area contributed by atoms with Crippen molar-refractivity contribution in [3.8, 4) is 16.9 Å². The highest BCUT2D eigenvalue weighted by molar-refractivity contribution is 5.78. The molecule has 1 aliphatic rings. The molecule has 1 atom stereocenters. The van der Waals surface area contributed by atoms with Crippen LogP contribution in [-0.4, -0.2) is 42.2 Å². The number of likely N-dealkylation sites (N-methyl/N-ethyl adjacent to an activating group) is 1. The van der Waals surface area contributed by atoms with Crippen molar-refractivity contribution >= 4 is 5.91 Å². The van der Waals surface area contributed by atoms with Crippen molar-refractivity contribution in [2.75, 3.05) is 20.2 Å². The number of aliphatic hydroxyl groups excluding tert-OH is 1. The molecule has 0 saturated heterocycles. The molecule has 1 aliphatic carbocycles. The van der Waals surface area contributed by atoms with Gasteiger partial charge in [-0.25, -0.2) is 0 Å². The zero-order valence-corrected chi connectivity index (χ0v) is 13.9. The van der Waals surface area contributed by atoms with Gasteiger partial charge in [-0.15, -0.1) is 0 Å². The summed E-state index contributed by atoms with van der Waals surface area (Å²) >= 11 is 0. The summed E-state index contributed by atoms with van der Waals surface area (Å²) in [5.41, 5.74) is 2.02. The molecule has 126 valence electrons. The molecule has 0 aromatic heterocycles. The molecule has 1 N–H and O–H groups in total. The SMILES string of the molecule is CN(CC(O)C1CC1)C(=O)COc1ccccc1-c1ccccc1. The van der Waals surface area contributed by atoms with Crippen LogP contribution >= 0.6 is 0 Å². The zero-order chi connectivity index (χ0) is 16.9. The smallest absolute Gasteiger partial charge is 0.260 e. The third-order valence-corrected chi connectivity index (χ3v) is 4.38. The molecule has 4 nitrogen and oxygen atoms in total. The number of rotatable bonds is 7. The lowest BCUT2D eigenvalue weighted by molar-refractivity contribution is -0.133. The third kappa shape index (κ3) is 4.15. The van der Waals surface area contributed by atoms with E-state index in [-0.39, 0.29) is 12.5 Å². The van der Waals surface area contributed by atoms with E-state index < -0.39 is 6.10 Å². The highest BCUT2D eigenvalue weighted by atomic mass is 16.5. The predicted molar refractivity (Wildman–Crippen MR) is 93.7 cm³/mol. The molecule has 0 aliphatic heterocycles. The molecule has 0 heterocycles. The summed E-state index contributed by atoms with van der Waals surface area (Å²) in [6.45, 7) is 0.338. The van der Waals surface area contributed by atoms with Gasteiger partial charge in [0.1, 0.15) is 5.75 Å². The number of carbonyl (C=O) groups is 1. The lowest BCUT2D eigenvalue weighted by Gasteiger charge is -2.21. The summed E-state index contributed by atoms with van der Waals surface area (Å²) in [5.74, 6) is 0.922. The molecule has 2 aromatic rings. The second-order valence-electron chi connectivity index (χ2n) is 6.33. The van der Waals surface area contributed by atoms with Crippen molar-refractivity contribution in [3.05, 3.63) is 54.6 Å². The van der Waals surface area contributed by atoms with E-state index >= 15 is 0 Å². The van der Waals surface area contributed by atoms with Crippen LogP contribution < -0.4 is 4.74 Å². The number of hydrogen-bond acceptors (Lipinski definition) is 3. The van der Waals surface area contributed by atoms with Gasteiger partial charge in [-0.2, -0.15) is 0 Å². The van der Waals surface area contributed by atoms with E-state index in [1.165, 1.54) is 0 Å². The fraction of sp³-hybridized carbons (Fsp3) is 0.350. The van der Waals surface area contributed by atoms with Gasteiger partial charge < -0.3 is 14.7 Å². The number of nitrogens with zero attached hydrogens (tertiary/aromatic N) is 1. The minimum atomic E-state index is -0.421. The molecule has 0 spiro atoms. The molecule has 0 bridgehead atoms. The normalized spacial score (nSPS) is 14.9. The molecule has 1 unspecified atom stereocenters. The summed E-state index contributed by atoms with van der Waals surface area (Å²) in [6.07, 6.45) is 1.70. The Morgan fingerprint density at radius 3 is 2.54 bits per heavy atom. The number of ether oxygens (including phenoxy) is 1. The summed E-state index contributed by atoms with van der Waals surface area (Å²) in [4.78, 5) is 13.8. The number of hydrogen-bond donors (Lipinski definition) is 1. The van der Waals surface area contributed by atoms with Crippen LogP contribution in [0.15, 0.2) is 54.6 Å². The first-order valence-electron chi connectivity index (χ1n) is 8.34. The van der Waals surface area contributed by atoms with E-state index in [0.717, 1.165) is 24.0 Å². The first-order chi connectivity index (χ1) is 11.6. The molecule has 1 saturated carbocycles. The van der Waals surface area contributed by atoms with Gasteiger partial charge in [0, 0.05) is 19.2 Å². The topological polar surface area (TPSA) is 49.8 Å². The van der Waals surface area contributed by atoms with Gasteiger partial charge in [0.2, 0.25) is 0 Å². The van der Waals surface area contributed by atoms with Crippen LogP contribution in [0, 0.1) is 5.92 Å². The number of aliphatic hydroxyl groups is 1. The van der Waals surface area contributed by atoms with E-state index in [2.05, 4.69) is 0 Å². The van der Waals surface area contributed by atoms with Crippen LogP contribution in [0.3, 0.4) is 0 Å². The van der Waals surface area contributed by atoms with E-state index in [4.69, 9.17) is 4.74 Å². The quantitative estimate of drug-likeness (QED) is 0.851. The van der Waals surface area contributed by atoms with Crippen molar-refractivity contribution in [1.29, 1.82) is 0 Å². The number of amides is 1. The standard InChI is InChI=1S/C20H23NO3/c1-21(13-18(22)16-11-12-16)20(23)14-24-19-10-6-5-9-17(19)15-7-3-2-4-8-15/h2-10,16,18,22H,11-14H2,1H3. The first-order valence-corrected chi connectivity index (χ1v) is 8.34. The minimum absolute atomic E-state index is 0.0300. The Labute approximate surface area is 142 Å². The monoisotopic (exact) mass is 325 g/mol. The lowest BCUT2D eigenvalue weighted by atomic mass is 10.1. The van der Waals surface area contributed by atoms with Crippen LogP contribution in [0.25, 0.3) is 11.1 Å². The maximum absolute atomic E-state index is 12.2. The number of benzene rings is 2. The second-order valence-corrected chi connectivity index (χ2v) is 6.33. The van der Waals surface area contributed by atoms with Crippen LogP contribution in [0.5, 0.6) is 5.75 Å². The van der Waals surface area contributed by atoms with Gasteiger partial charge in [-0.1, -0.05) is 48.5 Å². The van der Waals surface area contributed by atoms with Crippen LogP contribution in [-0.2, 0) is 4.79 Å². The molecule has 1 fully saturated rings. The van der Waals surface area contributed by atoms with Crippen molar-refractivity contribution in [3.63, 3.8) is 0 Å². The Morgan fingerprint density at radius 2 is 1.83 bits per heavy atom. The third-order valence-electron chi connectivity index (χ3n) is 4.38. The number of para-hydroxylation sites is 1. The molecular weight excluding hydrogens is 302 g/mol. The number of carbonyl (C=O) groups excluding carboxylic acids is 1. The summed E-state index contributed by atoms with van der Waals surface area (Å²) in [6, 6.07) is 17.7. The van der Waals surface area contributed by atoms with Crippen molar-refractivity contribution in [2.45, 2.75) is 18.9 Å². The molecule has 3 rings (SSSR count). The Morgan fingerprint density at radius 1 is 1.17 bits per heavy atom. The summed E-state index contributed by atoms with van der Waals surface area (Å²) in [5, 5.41) is 9.95. The molecule has 2 aromatic carbocycles. The average molecular weight is 325 g/mol. The lowest BCUT2D eigenvalue weighted by Crippen LogP contribution is -2.38. The molecule has 24 heavy (non-hydrogen) atoms. The van der Waals surface area contributed by atoms with Gasteiger partial charge in [-0.05, 0) is 30.4 Å². The highest BCUT2D eigenvalue weighted by Crippen LogP contribution is 2.33. The highest BCUT2D eigenvalue weighted by Gasteiger charge is 2.31. The Balaban J connectivity index is 1.61. The van der Waals surface area contributed by atoms with Crippen LogP contribution in [0.4, 0.5) is 0 Å². The molecule has 0 radical (unpaired) electrons. The van der Waals surface area contributed by atoms with Gasteiger partial charge in [0.25, 0.3) is 5.91 Å². The Kier molecular flexibility index (Phi) is 5.16. The van der Waals surface area contributed by atoms with Gasteiger partial charge in [0.05, 0.1) is 6.10 Å². The maximum atomic E-state index is 12.2. The minimum Gasteiger partial charge on any atom is -0.483 e. The second kappa shape index (κ2) is 7.49. The zero-order valence-electron chi connectivity index (χ0n) is 13.9. The first kappa shape index (κ1) is 16.5.